The van der Waals surface area contributed by atoms with Gasteiger partial charge in [-0.15, -0.1) is 0 Å². The Bertz CT molecular complexity index is 2070. The van der Waals surface area contributed by atoms with Gasteiger partial charge in [-0.3, -0.25) is 14.2 Å². The summed E-state index contributed by atoms with van der Waals surface area (Å²) in [7, 11) is 3.09. The molecule has 222 valence electrons. The highest BCUT2D eigenvalue weighted by atomic mass is 79.9. The zero-order chi connectivity index (χ0) is 30.8. The van der Waals surface area contributed by atoms with Crippen molar-refractivity contribution in [2.45, 2.75) is 23.2 Å². The summed E-state index contributed by atoms with van der Waals surface area (Å²) < 4.78 is 19.8. The first-order chi connectivity index (χ1) is 21.4. The number of fused-ring (bicyclic) bond motifs is 1. The van der Waals surface area contributed by atoms with Crippen LogP contribution < -0.4 is 29.7 Å². The van der Waals surface area contributed by atoms with Crippen LogP contribution in [0.25, 0.3) is 6.08 Å². The van der Waals surface area contributed by atoms with Crippen molar-refractivity contribution in [3.63, 3.8) is 0 Å². The normalized spacial score (nSPS) is 14.6. The highest BCUT2D eigenvalue weighted by molar-refractivity contribution is 9.10. The van der Waals surface area contributed by atoms with E-state index in [0.29, 0.717) is 63.8 Å². The van der Waals surface area contributed by atoms with Crippen molar-refractivity contribution in [3.05, 3.63) is 120 Å². The van der Waals surface area contributed by atoms with Gasteiger partial charge in [0, 0.05) is 35.8 Å². The van der Waals surface area contributed by atoms with Crippen LogP contribution in [0, 0.1) is 0 Å². The van der Waals surface area contributed by atoms with Gasteiger partial charge in [0.1, 0.15) is 23.3 Å². The third-order valence-corrected chi connectivity index (χ3v) is 9.42. The lowest BCUT2D eigenvalue weighted by Gasteiger charge is -2.26. The van der Waals surface area contributed by atoms with E-state index in [1.165, 1.54) is 34.8 Å². The minimum absolute atomic E-state index is 0.318. The number of furan rings is 1. The fourth-order valence-corrected chi connectivity index (χ4v) is 6.99. The number of nitrogens with one attached hydrogen (secondary N) is 1. The summed E-state index contributed by atoms with van der Waals surface area (Å²) in [6, 6.07) is 17.1. The van der Waals surface area contributed by atoms with E-state index in [1.54, 1.807) is 75.0 Å². The minimum Gasteiger partial charge on any atom is -0.497 e. The zero-order valence-electron chi connectivity index (χ0n) is 23.6. The van der Waals surface area contributed by atoms with Crippen LogP contribution in [0.5, 0.6) is 11.5 Å². The molecule has 0 radical (unpaired) electrons. The molecule has 0 aliphatic carbocycles. The zero-order valence-corrected chi connectivity index (χ0v) is 26.8. The first-order valence-corrected chi connectivity index (χ1v) is 15.6. The smallest absolute Gasteiger partial charge is 0.271 e. The van der Waals surface area contributed by atoms with E-state index in [9.17, 15) is 9.59 Å². The molecule has 4 heterocycles. The molecule has 1 atom stereocenters. The summed E-state index contributed by atoms with van der Waals surface area (Å²) in [5.41, 5.74) is 1.70. The molecule has 13 heteroatoms. The third-order valence-electron chi connectivity index (χ3n) is 6.71. The molecule has 1 aliphatic heterocycles. The van der Waals surface area contributed by atoms with E-state index in [2.05, 4.69) is 31.2 Å². The summed E-state index contributed by atoms with van der Waals surface area (Å²) in [4.78, 5) is 41.6. The highest BCUT2D eigenvalue weighted by Gasteiger charge is 2.34. The number of rotatable bonds is 8. The van der Waals surface area contributed by atoms with Gasteiger partial charge in [0.15, 0.2) is 15.1 Å². The number of methoxy groups -OCH3 is 2. The maximum atomic E-state index is 14.1. The Labute approximate surface area is 267 Å². The van der Waals surface area contributed by atoms with Crippen molar-refractivity contribution in [3.8, 4) is 11.5 Å². The number of para-hydroxylation sites is 1. The quantitative estimate of drug-likeness (QED) is 0.221. The highest BCUT2D eigenvalue weighted by Crippen LogP contribution is 2.38. The van der Waals surface area contributed by atoms with Gasteiger partial charge >= 0.3 is 0 Å². The lowest BCUT2D eigenvalue weighted by molar-refractivity contribution is -0.113. The van der Waals surface area contributed by atoms with Crippen molar-refractivity contribution in [1.29, 1.82) is 0 Å². The molecule has 10 nitrogen and oxygen atoms in total. The molecule has 0 saturated heterocycles. The first-order valence-electron chi connectivity index (χ1n) is 13.2. The number of amides is 1. The van der Waals surface area contributed by atoms with E-state index in [4.69, 9.17) is 18.9 Å². The Kier molecular flexibility index (Phi) is 8.51. The Morgan fingerprint density at radius 3 is 2.59 bits per heavy atom. The van der Waals surface area contributed by atoms with Crippen molar-refractivity contribution >= 4 is 56.7 Å². The average Bonchev–Trinajstić information content (AvgIpc) is 3.53. The Hall–Kier alpha value is -4.46. The number of halogens is 1. The molecule has 0 unspecified atom stereocenters. The topological polar surface area (TPSA) is 121 Å². The van der Waals surface area contributed by atoms with Crippen LogP contribution in [0.2, 0.25) is 0 Å². The van der Waals surface area contributed by atoms with E-state index >= 15 is 0 Å². The molecule has 1 amide bonds. The van der Waals surface area contributed by atoms with E-state index in [0.717, 1.165) is 0 Å². The van der Waals surface area contributed by atoms with Gasteiger partial charge in [-0.25, -0.2) is 15.0 Å². The number of allylic oxidation sites excluding steroid dienone is 1. The molecule has 1 N–H and O–H groups in total. The number of hydrogen-bond donors (Lipinski definition) is 1. The molecular weight excluding hydrogens is 666 g/mol. The average molecular weight is 691 g/mol. The number of benzene rings is 2. The number of carbonyl (C=O) groups excluding carboxylic acids is 1. The van der Waals surface area contributed by atoms with E-state index in [1.807, 2.05) is 18.2 Å². The predicted octanol–water partition coefficient (Wildman–Crippen LogP) is 5.19. The van der Waals surface area contributed by atoms with Crippen molar-refractivity contribution in [2.75, 3.05) is 19.5 Å². The molecule has 3 aromatic heterocycles. The lowest BCUT2D eigenvalue weighted by atomic mass is 9.94. The number of anilines is 1. The van der Waals surface area contributed by atoms with Crippen LogP contribution in [0.15, 0.2) is 113 Å². The fraction of sp³-hybridized carbons (Fsp3) is 0.129. The number of carbonyl (C=O) groups is 1. The molecule has 0 bridgehead atoms. The number of aromatic nitrogens is 3. The maximum Gasteiger partial charge on any atom is 0.271 e. The number of nitrogens with zero attached hydrogens (tertiary/aromatic N) is 4. The SMILES string of the molecule is COc1ccc([C@@H]2C(C(=O)Nc3ccccc3)=C(C)N=c3s/c(=C/c4cc(Br)c(Sc5ncccn5)o4)c(=O)n32)c(OC)c1. The Morgan fingerprint density at radius 1 is 1.09 bits per heavy atom. The molecule has 0 fully saturated rings. The monoisotopic (exact) mass is 689 g/mol. The maximum absolute atomic E-state index is 14.1. The van der Waals surface area contributed by atoms with Crippen molar-refractivity contribution in [2.24, 2.45) is 4.99 Å². The predicted molar refractivity (Wildman–Crippen MR) is 171 cm³/mol. The molecule has 1 aliphatic rings. The summed E-state index contributed by atoms with van der Waals surface area (Å²) in [6.07, 6.45) is 4.97. The van der Waals surface area contributed by atoms with Gasteiger partial charge in [-0.05, 0) is 71.0 Å². The van der Waals surface area contributed by atoms with Crippen molar-refractivity contribution < 1.29 is 18.7 Å². The second-order valence-electron chi connectivity index (χ2n) is 9.43. The molecule has 6 rings (SSSR count). The third kappa shape index (κ3) is 5.85. The fourth-order valence-electron chi connectivity index (χ4n) is 4.73. The minimum atomic E-state index is -0.831. The summed E-state index contributed by atoms with van der Waals surface area (Å²) >= 11 is 5.99. The van der Waals surface area contributed by atoms with Crippen LogP contribution in [0.1, 0.15) is 24.3 Å². The van der Waals surface area contributed by atoms with Gasteiger partial charge in [-0.2, -0.15) is 0 Å². The van der Waals surface area contributed by atoms with E-state index in [-0.39, 0.29) is 11.5 Å². The largest absolute Gasteiger partial charge is 0.497 e. The number of hydrogen-bond acceptors (Lipinski definition) is 10. The van der Waals surface area contributed by atoms with Crippen molar-refractivity contribution in [1.82, 2.24) is 14.5 Å². The number of thiazole rings is 1. The molecule has 0 saturated carbocycles. The second-order valence-corrected chi connectivity index (χ2v) is 12.2. The van der Waals surface area contributed by atoms with Gasteiger partial charge in [0.2, 0.25) is 0 Å². The van der Waals surface area contributed by atoms with Crippen LogP contribution in [0.4, 0.5) is 5.69 Å². The van der Waals surface area contributed by atoms with Gasteiger partial charge in [0.05, 0.1) is 34.5 Å². The number of ether oxygens (including phenoxy) is 2. The summed E-state index contributed by atoms with van der Waals surface area (Å²) in [5, 5.41) is 4.03. The molecule has 44 heavy (non-hydrogen) atoms. The molecule has 0 spiro atoms. The van der Waals surface area contributed by atoms with E-state index < -0.39 is 6.04 Å². The van der Waals surface area contributed by atoms with Gasteiger partial charge < -0.3 is 19.2 Å². The molecular formula is C31H24BrN5O5S2. The standard InChI is InChI=1S/C31H24BrN5O5S2/c1-17-25(27(38)36-18-8-5-4-6-9-18)26(21-11-10-19(40-2)15-23(21)41-3)37-28(39)24(43-31(37)35-17)16-20-14-22(32)29(42-20)44-30-33-12-7-13-34-30/h4-16,26H,1-3H3,(H,36,38)/b24-16+/t26-/m1/s1. The van der Waals surface area contributed by atoms with Crippen LogP contribution >= 0.6 is 39.0 Å². The van der Waals surface area contributed by atoms with Crippen LogP contribution in [-0.2, 0) is 4.79 Å². The van der Waals surface area contributed by atoms with Crippen LogP contribution in [-0.4, -0.2) is 34.7 Å². The Balaban J connectivity index is 1.47. The second kappa shape index (κ2) is 12.6. The molecule has 5 aromatic rings. The molecule has 2 aromatic carbocycles. The summed E-state index contributed by atoms with van der Waals surface area (Å²) in [6.45, 7) is 1.76. The van der Waals surface area contributed by atoms with Gasteiger partial charge in [-0.1, -0.05) is 29.5 Å². The van der Waals surface area contributed by atoms with Crippen LogP contribution in [0.3, 0.4) is 0 Å². The Morgan fingerprint density at radius 2 is 1.86 bits per heavy atom. The lowest BCUT2D eigenvalue weighted by Crippen LogP contribution is -2.40. The van der Waals surface area contributed by atoms with Gasteiger partial charge in [0.25, 0.3) is 11.5 Å². The summed E-state index contributed by atoms with van der Waals surface area (Å²) in [5.74, 6) is 1.11. The first kappa shape index (κ1) is 29.6.